The predicted octanol–water partition coefficient (Wildman–Crippen LogP) is 5.09. The standard InChI is InChI=1S/C21H23N3O2S/c1-12-10-14(3)18(15(4)11-12)22-19(25)16(5)27-21-24-23-20(26-21)17-9-7-6-8-13(17)2/h6-11,16H,1-5H3,(H,22,25)/t16-/m1/s1. The molecule has 0 fully saturated rings. The number of nitrogens with one attached hydrogen (secondary N) is 1. The van der Waals surface area contributed by atoms with Gasteiger partial charge in [0.05, 0.1) is 5.25 Å². The van der Waals surface area contributed by atoms with Crippen molar-refractivity contribution in [2.24, 2.45) is 0 Å². The van der Waals surface area contributed by atoms with Crippen LogP contribution in [0.5, 0.6) is 0 Å². The zero-order valence-corrected chi connectivity index (χ0v) is 17.0. The second kappa shape index (κ2) is 7.96. The highest BCUT2D eigenvalue weighted by molar-refractivity contribution is 8.00. The van der Waals surface area contributed by atoms with Gasteiger partial charge < -0.3 is 9.73 Å². The molecule has 1 amide bonds. The van der Waals surface area contributed by atoms with Crippen LogP contribution in [-0.4, -0.2) is 21.4 Å². The molecule has 140 valence electrons. The van der Waals surface area contributed by atoms with E-state index in [0.29, 0.717) is 11.1 Å². The molecule has 0 spiro atoms. The van der Waals surface area contributed by atoms with E-state index in [9.17, 15) is 4.79 Å². The van der Waals surface area contributed by atoms with E-state index >= 15 is 0 Å². The number of benzene rings is 2. The van der Waals surface area contributed by atoms with E-state index in [4.69, 9.17) is 4.42 Å². The second-order valence-electron chi connectivity index (χ2n) is 6.71. The number of carbonyl (C=O) groups is 1. The highest BCUT2D eigenvalue weighted by atomic mass is 32.2. The molecule has 0 saturated heterocycles. The molecule has 3 aromatic rings. The van der Waals surface area contributed by atoms with E-state index in [1.807, 2.05) is 58.9 Å². The maximum atomic E-state index is 12.6. The number of carbonyl (C=O) groups excluding carboxylic acids is 1. The molecule has 27 heavy (non-hydrogen) atoms. The third-order valence-electron chi connectivity index (χ3n) is 4.35. The number of aromatic nitrogens is 2. The van der Waals surface area contributed by atoms with E-state index in [1.165, 1.54) is 17.3 Å². The van der Waals surface area contributed by atoms with Gasteiger partial charge in [-0.1, -0.05) is 47.7 Å². The number of hydrogen-bond acceptors (Lipinski definition) is 5. The number of amides is 1. The van der Waals surface area contributed by atoms with E-state index in [-0.39, 0.29) is 11.2 Å². The Labute approximate surface area is 163 Å². The van der Waals surface area contributed by atoms with Crippen molar-refractivity contribution in [2.45, 2.75) is 45.1 Å². The van der Waals surface area contributed by atoms with Crippen molar-refractivity contribution in [3.8, 4) is 11.5 Å². The van der Waals surface area contributed by atoms with Crippen LogP contribution < -0.4 is 5.32 Å². The SMILES string of the molecule is Cc1cc(C)c(NC(=O)[C@@H](C)Sc2nnc(-c3ccccc3C)o2)c(C)c1. The first kappa shape index (κ1) is 19.2. The Bertz CT molecular complexity index is 958. The van der Waals surface area contributed by atoms with Crippen LogP contribution in [0.25, 0.3) is 11.5 Å². The quantitative estimate of drug-likeness (QED) is 0.624. The molecule has 1 atom stereocenters. The highest BCUT2D eigenvalue weighted by Crippen LogP contribution is 2.29. The lowest BCUT2D eigenvalue weighted by molar-refractivity contribution is -0.115. The Hall–Kier alpha value is -2.60. The largest absolute Gasteiger partial charge is 0.411 e. The van der Waals surface area contributed by atoms with Crippen molar-refractivity contribution >= 4 is 23.4 Å². The van der Waals surface area contributed by atoms with Crippen LogP contribution in [0.2, 0.25) is 0 Å². The number of aryl methyl sites for hydroxylation is 4. The summed E-state index contributed by atoms with van der Waals surface area (Å²) in [6, 6.07) is 12.0. The van der Waals surface area contributed by atoms with E-state index in [0.717, 1.165) is 27.9 Å². The van der Waals surface area contributed by atoms with Gasteiger partial charge in [0.2, 0.25) is 11.8 Å². The van der Waals surface area contributed by atoms with Crippen LogP contribution >= 0.6 is 11.8 Å². The lowest BCUT2D eigenvalue weighted by Crippen LogP contribution is -2.23. The minimum atomic E-state index is -0.365. The lowest BCUT2D eigenvalue weighted by atomic mass is 10.1. The average molecular weight is 382 g/mol. The molecule has 0 radical (unpaired) electrons. The molecule has 1 N–H and O–H groups in total. The number of anilines is 1. The Morgan fingerprint density at radius 1 is 1.04 bits per heavy atom. The summed E-state index contributed by atoms with van der Waals surface area (Å²) in [5.74, 6) is 0.374. The first-order valence-electron chi connectivity index (χ1n) is 8.80. The number of rotatable bonds is 5. The molecule has 3 rings (SSSR count). The van der Waals surface area contributed by atoms with Crippen LogP contribution in [0.1, 0.15) is 29.2 Å². The summed E-state index contributed by atoms with van der Waals surface area (Å²) in [6.07, 6.45) is 0. The smallest absolute Gasteiger partial charge is 0.277 e. The Morgan fingerprint density at radius 3 is 2.37 bits per heavy atom. The number of hydrogen-bond donors (Lipinski definition) is 1. The van der Waals surface area contributed by atoms with Gasteiger partial charge >= 0.3 is 0 Å². The molecule has 1 aromatic heterocycles. The van der Waals surface area contributed by atoms with Crippen molar-refractivity contribution in [2.75, 3.05) is 5.32 Å². The van der Waals surface area contributed by atoms with Gasteiger partial charge in [-0.05, 0) is 57.4 Å². The molecule has 0 aliphatic rings. The predicted molar refractivity (Wildman–Crippen MR) is 109 cm³/mol. The van der Waals surface area contributed by atoms with Crippen LogP contribution in [0, 0.1) is 27.7 Å². The van der Waals surface area contributed by atoms with Gasteiger partial charge in [-0.25, -0.2) is 0 Å². The maximum Gasteiger partial charge on any atom is 0.277 e. The normalized spacial score (nSPS) is 12.0. The summed E-state index contributed by atoms with van der Waals surface area (Å²) >= 11 is 1.25. The van der Waals surface area contributed by atoms with Crippen LogP contribution in [0.15, 0.2) is 46.0 Å². The molecule has 5 nitrogen and oxygen atoms in total. The summed E-state index contributed by atoms with van der Waals surface area (Å²) in [7, 11) is 0. The molecular formula is C21H23N3O2S. The fourth-order valence-electron chi connectivity index (χ4n) is 2.99. The van der Waals surface area contributed by atoms with Gasteiger partial charge in [0, 0.05) is 11.3 Å². The zero-order valence-electron chi connectivity index (χ0n) is 16.2. The molecule has 0 saturated carbocycles. The highest BCUT2D eigenvalue weighted by Gasteiger charge is 2.20. The summed E-state index contributed by atoms with van der Waals surface area (Å²) in [5.41, 5.74) is 6.12. The first-order valence-corrected chi connectivity index (χ1v) is 9.68. The average Bonchev–Trinajstić information content (AvgIpc) is 3.06. The van der Waals surface area contributed by atoms with E-state index in [1.54, 1.807) is 0 Å². The molecule has 0 bridgehead atoms. The number of nitrogens with zero attached hydrogens (tertiary/aromatic N) is 2. The van der Waals surface area contributed by atoms with Gasteiger partial charge in [-0.15, -0.1) is 10.2 Å². The minimum absolute atomic E-state index is 0.0919. The summed E-state index contributed by atoms with van der Waals surface area (Å²) in [5, 5.41) is 11.2. The van der Waals surface area contributed by atoms with Gasteiger partial charge in [-0.2, -0.15) is 0 Å². The zero-order chi connectivity index (χ0) is 19.6. The molecule has 2 aromatic carbocycles. The van der Waals surface area contributed by atoms with E-state index < -0.39 is 0 Å². The van der Waals surface area contributed by atoms with Gasteiger partial charge in [0.25, 0.3) is 5.22 Å². The first-order chi connectivity index (χ1) is 12.8. The maximum absolute atomic E-state index is 12.6. The Balaban J connectivity index is 1.70. The molecule has 0 unspecified atom stereocenters. The fourth-order valence-corrected chi connectivity index (χ4v) is 3.67. The van der Waals surface area contributed by atoms with Gasteiger partial charge in [0.1, 0.15) is 0 Å². The monoisotopic (exact) mass is 381 g/mol. The van der Waals surface area contributed by atoms with Gasteiger partial charge in [0.15, 0.2) is 0 Å². The third kappa shape index (κ3) is 4.39. The van der Waals surface area contributed by atoms with Crippen LogP contribution in [0.4, 0.5) is 5.69 Å². The Kier molecular flexibility index (Phi) is 5.65. The number of thioether (sulfide) groups is 1. The van der Waals surface area contributed by atoms with Crippen LogP contribution in [0.3, 0.4) is 0 Å². The van der Waals surface area contributed by atoms with E-state index in [2.05, 4.69) is 27.6 Å². The summed E-state index contributed by atoms with van der Waals surface area (Å²) in [6.45, 7) is 9.87. The van der Waals surface area contributed by atoms with Crippen molar-refractivity contribution in [1.29, 1.82) is 0 Å². The van der Waals surface area contributed by atoms with Crippen molar-refractivity contribution in [3.63, 3.8) is 0 Å². The molecule has 1 heterocycles. The van der Waals surface area contributed by atoms with Crippen molar-refractivity contribution < 1.29 is 9.21 Å². The summed E-state index contributed by atoms with van der Waals surface area (Å²) in [4.78, 5) is 12.6. The summed E-state index contributed by atoms with van der Waals surface area (Å²) < 4.78 is 5.75. The Morgan fingerprint density at radius 2 is 1.70 bits per heavy atom. The molecule has 0 aliphatic carbocycles. The molecule has 0 aliphatic heterocycles. The van der Waals surface area contributed by atoms with Crippen molar-refractivity contribution in [3.05, 3.63) is 58.7 Å². The fraction of sp³-hybridized carbons (Fsp3) is 0.286. The molecular weight excluding hydrogens is 358 g/mol. The van der Waals surface area contributed by atoms with Crippen LogP contribution in [-0.2, 0) is 4.79 Å². The minimum Gasteiger partial charge on any atom is -0.411 e. The van der Waals surface area contributed by atoms with Crippen molar-refractivity contribution in [1.82, 2.24) is 10.2 Å². The third-order valence-corrected chi connectivity index (χ3v) is 5.29. The second-order valence-corrected chi connectivity index (χ2v) is 8.00. The molecule has 6 heteroatoms. The van der Waals surface area contributed by atoms with Gasteiger partial charge in [-0.3, -0.25) is 4.79 Å². The topological polar surface area (TPSA) is 68.0 Å². The lowest BCUT2D eigenvalue weighted by Gasteiger charge is -2.15.